The number of ether oxygens (including phenoxy) is 1. The van der Waals surface area contributed by atoms with Gasteiger partial charge in [-0.25, -0.2) is 0 Å². The molecular formula is C35H72O2. The van der Waals surface area contributed by atoms with E-state index >= 15 is 0 Å². The van der Waals surface area contributed by atoms with Crippen LogP contribution in [0.1, 0.15) is 206 Å². The summed E-state index contributed by atoms with van der Waals surface area (Å²) in [6.45, 7) is 5.61. The van der Waals surface area contributed by atoms with Crippen LogP contribution in [0.4, 0.5) is 0 Å². The maximum absolute atomic E-state index is 9.63. The molecule has 224 valence electrons. The molecule has 0 saturated carbocycles. The van der Waals surface area contributed by atoms with Gasteiger partial charge in [0.1, 0.15) is 0 Å². The van der Waals surface area contributed by atoms with E-state index in [-0.39, 0.29) is 12.7 Å². The summed E-state index contributed by atoms with van der Waals surface area (Å²) in [4.78, 5) is 0. The highest BCUT2D eigenvalue weighted by Gasteiger charge is 2.07. The van der Waals surface area contributed by atoms with Gasteiger partial charge >= 0.3 is 0 Å². The zero-order valence-electron chi connectivity index (χ0n) is 26.1. The van der Waals surface area contributed by atoms with Crippen LogP contribution in [0.5, 0.6) is 0 Å². The van der Waals surface area contributed by atoms with E-state index in [1.165, 1.54) is 180 Å². The molecule has 1 atom stereocenters. The Kier molecular flexibility index (Phi) is 33.9. The van der Waals surface area contributed by atoms with Crippen molar-refractivity contribution >= 4 is 0 Å². The van der Waals surface area contributed by atoms with Crippen LogP contribution in [0.3, 0.4) is 0 Å². The molecule has 0 saturated heterocycles. The van der Waals surface area contributed by atoms with Crippen LogP contribution in [0.15, 0.2) is 0 Å². The monoisotopic (exact) mass is 525 g/mol. The standard InChI is InChI=1S/C35H72O2/c1-3-5-7-9-11-13-15-17-18-19-21-23-25-27-29-31-33-37-35(34-36)32-30-28-26-24-22-20-16-14-12-10-8-6-4-2/h35-36H,3-34H2,1-2H3. The Balaban J connectivity index is 3.25. The molecule has 0 aliphatic heterocycles. The largest absolute Gasteiger partial charge is 0.394 e. The minimum atomic E-state index is 0.0732. The summed E-state index contributed by atoms with van der Waals surface area (Å²) in [6.07, 6.45) is 41.6. The lowest BCUT2D eigenvalue weighted by Crippen LogP contribution is -2.18. The average molecular weight is 525 g/mol. The van der Waals surface area contributed by atoms with Crippen molar-refractivity contribution in [1.82, 2.24) is 0 Å². The first kappa shape index (κ1) is 36.9. The molecule has 0 aromatic carbocycles. The third kappa shape index (κ3) is 32.0. The van der Waals surface area contributed by atoms with Crippen molar-refractivity contribution in [1.29, 1.82) is 0 Å². The Morgan fingerprint density at radius 2 is 0.649 bits per heavy atom. The number of hydrogen-bond acceptors (Lipinski definition) is 2. The highest BCUT2D eigenvalue weighted by molar-refractivity contribution is 4.58. The summed E-state index contributed by atoms with van der Waals surface area (Å²) in [5, 5.41) is 9.63. The van der Waals surface area contributed by atoms with Gasteiger partial charge in [0.25, 0.3) is 0 Å². The van der Waals surface area contributed by atoms with E-state index in [1.807, 2.05) is 0 Å². The summed E-state index contributed by atoms with van der Waals surface area (Å²) in [7, 11) is 0. The summed E-state index contributed by atoms with van der Waals surface area (Å²) < 4.78 is 5.97. The van der Waals surface area contributed by atoms with Gasteiger partial charge in [-0.1, -0.05) is 194 Å². The van der Waals surface area contributed by atoms with E-state index in [4.69, 9.17) is 4.74 Å². The Morgan fingerprint density at radius 1 is 0.378 bits per heavy atom. The lowest BCUT2D eigenvalue weighted by atomic mass is 10.0. The second kappa shape index (κ2) is 33.9. The van der Waals surface area contributed by atoms with Crippen molar-refractivity contribution in [3.8, 4) is 0 Å². The normalized spacial score (nSPS) is 12.4. The van der Waals surface area contributed by atoms with E-state index in [2.05, 4.69) is 13.8 Å². The fourth-order valence-corrected chi connectivity index (χ4v) is 5.52. The predicted molar refractivity (Wildman–Crippen MR) is 167 cm³/mol. The van der Waals surface area contributed by atoms with Crippen molar-refractivity contribution in [2.24, 2.45) is 0 Å². The number of aliphatic hydroxyl groups excluding tert-OH is 1. The SMILES string of the molecule is CCCCCCCCCCCCCCCCCCOC(CO)CCCCCCCCCCCCCCC. The summed E-state index contributed by atoms with van der Waals surface area (Å²) in [5.41, 5.74) is 0. The molecule has 1 unspecified atom stereocenters. The molecule has 0 amide bonds. The summed E-state index contributed by atoms with van der Waals surface area (Å²) in [6, 6.07) is 0. The zero-order chi connectivity index (χ0) is 26.9. The van der Waals surface area contributed by atoms with Gasteiger partial charge in [-0.2, -0.15) is 0 Å². The summed E-state index contributed by atoms with van der Waals surface area (Å²) >= 11 is 0. The van der Waals surface area contributed by atoms with Crippen molar-refractivity contribution in [2.45, 2.75) is 213 Å². The molecule has 37 heavy (non-hydrogen) atoms. The Bertz CT molecular complexity index is 383. The Hall–Kier alpha value is -0.0800. The topological polar surface area (TPSA) is 29.5 Å². The van der Waals surface area contributed by atoms with E-state index in [0.29, 0.717) is 0 Å². The number of rotatable bonds is 33. The van der Waals surface area contributed by atoms with Crippen molar-refractivity contribution < 1.29 is 9.84 Å². The number of hydrogen-bond donors (Lipinski definition) is 1. The van der Waals surface area contributed by atoms with E-state index in [9.17, 15) is 5.11 Å². The van der Waals surface area contributed by atoms with E-state index in [1.54, 1.807) is 0 Å². The number of aliphatic hydroxyl groups is 1. The number of unbranched alkanes of at least 4 members (excludes halogenated alkanes) is 27. The first-order valence-electron chi connectivity index (χ1n) is 17.6. The minimum Gasteiger partial charge on any atom is -0.394 e. The minimum absolute atomic E-state index is 0.0732. The summed E-state index contributed by atoms with van der Waals surface area (Å²) in [5.74, 6) is 0. The molecule has 0 aromatic rings. The second-order valence-electron chi connectivity index (χ2n) is 12.0. The van der Waals surface area contributed by atoms with Crippen LogP contribution < -0.4 is 0 Å². The molecule has 2 nitrogen and oxygen atoms in total. The van der Waals surface area contributed by atoms with Gasteiger partial charge in [0.15, 0.2) is 0 Å². The Labute approximate surface area is 235 Å². The molecule has 0 radical (unpaired) electrons. The van der Waals surface area contributed by atoms with Crippen LogP contribution in [0, 0.1) is 0 Å². The zero-order valence-corrected chi connectivity index (χ0v) is 26.1. The molecule has 0 rings (SSSR count). The average Bonchev–Trinajstić information content (AvgIpc) is 2.91. The molecule has 0 fully saturated rings. The fraction of sp³-hybridized carbons (Fsp3) is 1.00. The van der Waals surface area contributed by atoms with Gasteiger partial charge in [0.05, 0.1) is 12.7 Å². The van der Waals surface area contributed by atoms with Crippen LogP contribution >= 0.6 is 0 Å². The van der Waals surface area contributed by atoms with Crippen molar-refractivity contribution in [3.05, 3.63) is 0 Å². The molecule has 0 aliphatic carbocycles. The van der Waals surface area contributed by atoms with Gasteiger partial charge in [0.2, 0.25) is 0 Å². The van der Waals surface area contributed by atoms with Crippen LogP contribution in [-0.2, 0) is 4.74 Å². The van der Waals surface area contributed by atoms with Crippen molar-refractivity contribution in [3.63, 3.8) is 0 Å². The maximum atomic E-state index is 9.63. The van der Waals surface area contributed by atoms with Crippen LogP contribution in [0.25, 0.3) is 0 Å². The van der Waals surface area contributed by atoms with E-state index < -0.39 is 0 Å². The maximum Gasteiger partial charge on any atom is 0.0805 e. The lowest BCUT2D eigenvalue weighted by Gasteiger charge is -2.15. The predicted octanol–water partition coefficient (Wildman–Crippen LogP) is 12.1. The van der Waals surface area contributed by atoms with Gasteiger partial charge in [0, 0.05) is 6.61 Å². The van der Waals surface area contributed by atoms with Crippen LogP contribution in [0.2, 0.25) is 0 Å². The quantitative estimate of drug-likeness (QED) is 0.0865. The van der Waals surface area contributed by atoms with Gasteiger partial charge in [-0.3, -0.25) is 0 Å². The highest BCUT2D eigenvalue weighted by atomic mass is 16.5. The molecule has 0 bridgehead atoms. The second-order valence-corrected chi connectivity index (χ2v) is 12.0. The molecule has 0 aromatic heterocycles. The van der Waals surface area contributed by atoms with Gasteiger partial charge < -0.3 is 9.84 Å². The van der Waals surface area contributed by atoms with Crippen molar-refractivity contribution in [2.75, 3.05) is 13.2 Å². The van der Waals surface area contributed by atoms with Gasteiger partial charge in [-0.15, -0.1) is 0 Å². The molecule has 0 heterocycles. The fourth-order valence-electron chi connectivity index (χ4n) is 5.52. The third-order valence-corrected chi connectivity index (χ3v) is 8.18. The van der Waals surface area contributed by atoms with Gasteiger partial charge in [-0.05, 0) is 12.8 Å². The Morgan fingerprint density at radius 3 is 0.946 bits per heavy atom. The molecule has 0 aliphatic rings. The molecule has 0 spiro atoms. The third-order valence-electron chi connectivity index (χ3n) is 8.18. The highest BCUT2D eigenvalue weighted by Crippen LogP contribution is 2.16. The lowest BCUT2D eigenvalue weighted by molar-refractivity contribution is 0.00497. The molecule has 1 N–H and O–H groups in total. The smallest absolute Gasteiger partial charge is 0.0805 e. The first-order valence-corrected chi connectivity index (χ1v) is 17.6. The van der Waals surface area contributed by atoms with E-state index in [0.717, 1.165) is 19.4 Å². The van der Waals surface area contributed by atoms with Crippen LogP contribution in [-0.4, -0.2) is 24.4 Å². The molecular weight excluding hydrogens is 452 g/mol. The first-order chi connectivity index (χ1) is 18.3. The molecule has 2 heteroatoms.